The number of carbonyl (C=O) groups is 1. The highest BCUT2D eigenvalue weighted by atomic mass is 16.1. The molecule has 0 aliphatic rings. The summed E-state index contributed by atoms with van der Waals surface area (Å²) in [7, 11) is 5.97. The second-order valence-corrected chi connectivity index (χ2v) is 4.65. The zero-order valence-electron chi connectivity index (χ0n) is 11.5. The summed E-state index contributed by atoms with van der Waals surface area (Å²) >= 11 is 0. The normalized spacial score (nSPS) is 10.7. The van der Waals surface area contributed by atoms with E-state index in [1.807, 2.05) is 19.2 Å². The van der Waals surface area contributed by atoms with Gasteiger partial charge in [-0.1, -0.05) is 12.1 Å². The van der Waals surface area contributed by atoms with Crippen molar-refractivity contribution in [3.63, 3.8) is 0 Å². The molecule has 1 aromatic carbocycles. The summed E-state index contributed by atoms with van der Waals surface area (Å²) in [5.74, 6) is 0.0467. The number of carbonyl (C=O) groups excluding carboxylic acids is 1. The van der Waals surface area contributed by atoms with Crippen molar-refractivity contribution in [2.24, 2.45) is 0 Å². The third-order valence-electron chi connectivity index (χ3n) is 2.69. The molecule has 100 valence electrons. The van der Waals surface area contributed by atoms with Gasteiger partial charge in [-0.3, -0.25) is 4.79 Å². The van der Waals surface area contributed by atoms with Crippen molar-refractivity contribution in [2.45, 2.75) is 12.8 Å². The van der Waals surface area contributed by atoms with E-state index in [2.05, 4.69) is 41.8 Å². The minimum Gasteiger partial charge on any atom is -0.326 e. The summed E-state index contributed by atoms with van der Waals surface area (Å²) in [5.41, 5.74) is 2.15. The topological polar surface area (TPSA) is 44.4 Å². The molecular weight excluding hydrogens is 226 g/mol. The Balaban J connectivity index is 2.42. The molecule has 1 aromatic rings. The van der Waals surface area contributed by atoms with Gasteiger partial charge in [0, 0.05) is 25.2 Å². The second-order valence-electron chi connectivity index (χ2n) is 4.65. The molecule has 4 heteroatoms. The van der Waals surface area contributed by atoms with Crippen LogP contribution >= 0.6 is 0 Å². The third kappa shape index (κ3) is 5.80. The Morgan fingerprint density at radius 2 is 1.89 bits per heavy atom. The van der Waals surface area contributed by atoms with Gasteiger partial charge < -0.3 is 15.5 Å². The van der Waals surface area contributed by atoms with Gasteiger partial charge in [-0.05, 0) is 45.3 Å². The van der Waals surface area contributed by atoms with Gasteiger partial charge in [-0.25, -0.2) is 0 Å². The van der Waals surface area contributed by atoms with Crippen molar-refractivity contribution < 1.29 is 4.79 Å². The Hall–Kier alpha value is -1.39. The van der Waals surface area contributed by atoms with E-state index in [1.54, 1.807) is 0 Å². The smallest absolute Gasteiger partial charge is 0.225 e. The molecule has 0 aromatic heterocycles. The largest absolute Gasteiger partial charge is 0.326 e. The lowest BCUT2D eigenvalue weighted by molar-refractivity contribution is -0.116. The summed E-state index contributed by atoms with van der Waals surface area (Å²) in [6.07, 6.45) is 1.53. The predicted molar refractivity (Wildman–Crippen MR) is 75.9 cm³/mol. The molecule has 2 N–H and O–H groups in total. The van der Waals surface area contributed by atoms with Crippen LogP contribution in [0.25, 0.3) is 0 Å². The van der Waals surface area contributed by atoms with Gasteiger partial charge in [0.1, 0.15) is 0 Å². The van der Waals surface area contributed by atoms with Gasteiger partial charge in [0.2, 0.25) is 5.91 Å². The van der Waals surface area contributed by atoms with E-state index in [0.29, 0.717) is 13.0 Å². The van der Waals surface area contributed by atoms with Gasteiger partial charge in [-0.15, -0.1) is 0 Å². The number of hydrogen-bond acceptors (Lipinski definition) is 3. The predicted octanol–water partition coefficient (Wildman–Crippen LogP) is 1.34. The molecular formula is C14H23N3O. The van der Waals surface area contributed by atoms with Crippen molar-refractivity contribution in [3.05, 3.63) is 29.8 Å². The van der Waals surface area contributed by atoms with E-state index in [-0.39, 0.29) is 5.91 Å². The maximum atomic E-state index is 11.5. The quantitative estimate of drug-likeness (QED) is 0.766. The fourth-order valence-corrected chi connectivity index (χ4v) is 1.57. The molecule has 0 heterocycles. The van der Waals surface area contributed by atoms with Crippen LogP contribution in [0.3, 0.4) is 0 Å². The molecule has 18 heavy (non-hydrogen) atoms. The Morgan fingerprint density at radius 3 is 2.44 bits per heavy atom. The van der Waals surface area contributed by atoms with Gasteiger partial charge in [0.05, 0.1) is 0 Å². The lowest BCUT2D eigenvalue weighted by Gasteiger charge is -2.10. The number of nitrogens with one attached hydrogen (secondary N) is 2. The van der Waals surface area contributed by atoms with E-state index >= 15 is 0 Å². The molecule has 0 saturated heterocycles. The lowest BCUT2D eigenvalue weighted by atomic mass is 10.1. The third-order valence-corrected chi connectivity index (χ3v) is 2.69. The van der Waals surface area contributed by atoms with Crippen LogP contribution in [0.15, 0.2) is 24.3 Å². The Kier molecular flexibility index (Phi) is 6.39. The molecule has 0 aliphatic heterocycles. The maximum Gasteiger partial charge on any atom is 0.225 e. The van der Waals surface area contributed by atoms with Crippen molar-refractivity contribution in [1.29, 1.82) is 0 Å². The maximum absolute atomic E-state index is 11.5. The van der Waals surface area contributed by atoms with Crippen LogP contribution in [0.5, 0.6) is 0 Å². The molecule has 0 saturated carbocycles. The zero-order chi connectivity index (χ0) is 13.4. The average Bonchev–Trinajstić information content (AvgIpc) is 2.35. The van der Waals surface area contributed by atoms with Crippen LogP contribution in [0, 0.1) is 0 Å². The Bertz CT molecular complexity index is 360. The first-order valence-corrected chi connectivity index (χ1v) is 6.30. The molecule has 0 spiro atoms. The molecule has 0 bridgehead atoms. The summed E-state index contributed by atoms with van der Waals surface area (Å²) < 4.78 is 0. The van der Waals surface area contributed by atoms with Gasteiger partial charge >= 0.3 is 0 Å². The molecule has 1 rings (SSSR count). The first-order chi connectivity index (χ1) is 8.61. The number of rotatable bonds is 7. The Labute approximate surface area is 109 Å². The van der Waals surface area contributed by atoms with Crippen molar-refractivity contribution in [2.75, 3.05) is 39.5 Å². The molecule has 0 radical (unpaired) electrons. The van der Waals surface area contributed by atoms with Crippen LogP contribution in [0.1, 0.15) is 12.0 Å². The first-order valence-electron chi connectivity index (χ1n) is 6.30. The number of benzene rings is 1. The monoisotopic (exact) mass is 249 g/mol. The molecule has 1 amide bonds. The van der Waals surface area contributed by atoms with Gasteiger partial charge in [0.15, 0.2) is 0 Å². The van der Waals surface area contributed by atoms with Crippen LogP contribution in [-0.2, 0) is 11.2 Å². The number of nitrogens with zero attached hydrogens (tertiary/aromatic N) is 1. The molecule has 0 aliphatic carbocycles. The van der Waals surface area contributed by atoms with Crippen molar-refractivity contribution in [3.8, 4) is 0 Å². The van der Waals surface area contributed by atoms with E-state index in [0.717, 1.165) is 18.7 Å². The van der Waals surface area contributed by atoms with E-state index < -0.39 is 0 Å². The highest BCUT2D eigenvalue weighted by Gasteiger charge is 2.01. The first kappa shape index (κ1) is 14.7. The Morgan fingerprint density at radius 1 is 1.22 bits per heavy atom. The fourth-order valence-electron chi connectivity index (χ4n) is 1.57. The number of hydrogen-bond donors (Lipinski definition) is 2. The SMILES string of the molecule is CNCCC(=O)Nc1ccc(CCN(C)C)cc1. The number of amides is 1. The average molecular weight is 249 g/mol. The minimum absolute atomic E-state index is 0.0467. The van der Waals surface area contributed by atoms with Crippen LogP contribution in [0.2, 0.25) is 0 Å². The fraction of sp³-hybridized carbons (Fsp3) is 0.500. The molecule has 0 fully saturated rings. The summed E-state index contributed by atoms with van der Waals surface area (Å²) in [6.45, 7) is 1.74. The van der Waals surface area contributed by atoms with Crippen molar-refractivity contribution in [1.82, 2.24) is 10.2 Å². The summed E-state index contributed by atoms with van der Waals surface area (Å²) in [4.78, 5) is 13.7. The van der Waals surface area contributed by atoms with E-state index in [9.17, 15) is 4.79 Å². The van der Waals surface area contributed by atoms with Crippen LogP contribution in [0.4, 0.5) is 5.69 Å². The van der Waals surface area contributed by atoms with E-state index in [4.69, 9.17) is 0 Å². The van der Waals surface area contributed by atoms with Gasteiger partial charge in [-0.2, -0.15) is 0 Å². The van der Waals surface area contributed by atoms with Crippen molar-refractivity contribution >= 4 is 11.6 Å². The second kappa shape index (κ2) is 7.84. The molecule has 4 nitrogen and oxygen atoms in total. The summed E-state index contributed by atoms with van der Waals surface area (Å²) in [6, 6.07) is 8.05. The molecule has 0 unspecified atom stereocenters. The highest BCUT2D eigenvalue weighted by molar-refractivity contribution is 5.90. The summed E-state index contributed by atoms with van der Waals surface area (Å²) in [5, 5.41) is 5.83. The molecule has 0 atom stereocenters. The number of likely N-dealkylation sites (N-methyl/N-ethyl adjacent to an activating group) is 1. The zero-order valence-corrected chi connectivity index (χ0v) is 11.5. The lowest BCUT2D eigenvalue weighted by Crippen LogP contribution is -2.18. The highest BCUT2D eigenvalue weighted by Crippen LogP contribution is 2.10. The van der Waals surface area contributed by atoms with Crippen LogP contribution in [-0.4, -0.2) is 45.0 Å². The standard InChI is InChI=1S/C14H23N3O/c1-15-10-8-14(18)16-13-6-4-12(5-7-13)9-11-17(2)3/h4-7,15H,8-11H2,1-3H3,(H,16,18). The van der Waals surface area contributed by atoms with E-state index in [1.165, 1.54) is 5.56 Å². The van der Waals surface area contributed by atoms with Crippen LogP contribution < -0.4 is 10.6 Å². The number of anilines is 1. The van der Waals surface area contributed by atoms with Gasteiger partial charge in [0.25, 0.3) is 0 Å². The minimum atomic E-state index is 0.0467.